The monoisotopic (exact) mass is 345 g/mol. The van der Waals surface area contributed by atoms with Crippen molar-refractivity contribution in [3.05, 3.63) is 35.9 Å². The molecule has 1 fully saturated rings. The second kappa shape index (κ2) is 8.99. The number of nitrogens with one attached hydrogen (secondary N) is 2. The van der Waals surface area contributed by atoms with Crippen LogP contribution < -0.4 is 10.6 Å². The van der Waals surface area contributed by atoms with Crippen LogP contribution in [-0.2, 0) is 9.59 Å². The van der Waals surface area contributed by atoms with Gasteiger partial charge in [0.15, 0.2) is 0 Å². The zero-order valence-corrected chi connectivity index (χ0v) is 15.8. The lowest BCUT2D eigenvalue weighted by molar-refractivity contribution is -0.131. The molecular weight excluding hydrogens is 314 g/mol. The normalized spacial score (nSPS) is 21.9. The Hall–Kier alpha value is -1.88. The maximum Gasteiger partial charge on any atom is 0.241 e. The highest BCUT2D eigenvalue weighted by Crippen LogP contribution is 2.24. The van der Waals surface area contributed by atoms with Crippen LogP contribution in [0.3, 0.4) is 0 Å². The van der Waals surface area contributed by atoms with Gasteiger partial charge in [0.25, 0.3) is 0 Å². The van der Waals surface area contributed by atoms with Gasteiger partial charge in [0, 0.05) is 32.1 Å². The number of amides is 2. The minimum atomic E-state index is -0.369. The molecule has 1 aromatic carbocycles. The summed E-state index contributed by atoms with van der Waals surface area (Å²) in [5, 5.41) is 6.61. The number of carbonyl (C=O) groups is 2. The molecule has 0 aliphatic carbocycles. The van der Waals surface area contributed by atoms with Gasteiger partial charge in [-0.2, -0.15) is 0 Å². The lowest BCUT2D eigenvalue weighted by Crippen LogP contribution is -2.53. The van der Waals surface area contributed by atoms with Gasteiger partial charge in [0.1, 0.15) is 6.04 Å². The summed E-state index contributed by atoms with van der Waals surface area (Å²) in [5.41, 5.74) is 0.976. The standard InChI is InChI=1S/C20H31N3O2/c1-5-16-13-23(15(4)24)12-11-18(16)22-19(20(25)21-14(2)3)17-9-7-6-8-10-17/h6-10,14,16,18-19,22H,5,11-13H2,1-4H3,(H,21,25)/t16-,18+,19-/m1/s1. The van der Waals surface area contributed by atoms with Gasteiger partial charge in [0.2, 0.25) is 11.8 Å². The summed E-state index contributed by atoms with van der Waals surface area (Å²) in [6.45, 7) is 9.23. The fraction of sp³-hybridized carbons (Fsp3) is 0.600. The second-order valence-corrected chi connectivity index (χ2v) is 7.20. The molecule has 2 rings (SSSR count). The lowest BCUT2D eigenvalue weighted by Gasteiger charge is -2.40. The van der Waals surface area contributed by atoms with Crippen molar-refractivity contribution in [2.75, 3.05) is 13.1 Å². The van der Waals surface area contributed by atoms with Crippen LogP contribution in [0.4, 0.5) is 0 Å². The van der Waals surface area contributed by atoms with Crippen LogP contribution in [0.15, 0.2) is 30.3 Å². The van der Waals surface area contributed by atoms with Crippen molar-refractivity contribution in [3.63, 3.8) is 0 Å². The van der Waals surface area contributed by atoms with E-state index in [1.54, 1.807) is 6.92 Å². The minimum absolute atomic E-state index is 0.00468. The van der Waals surface area contributed by atoms with E-state index in [1.807, 2.05) is 49.1 Å². The number of rotatable bonds is 6. The summed E-state index contributed by atoms with van der Waals surface area (Å²) in [6.07, 6.45) is 1.85. The SMILES string of the molecule is CC[C@@H]1CN(C(C)=O)CC[C@@H]1N[C@@H](C(=O)NC(C)C)c1ccccc1. The summed E-state index contributed by atoms with van der Waals surface area (Å²) < 4.78 is 0. The largest absolute Gasteiger partial charge is 0.352 e. The maximum atomic E-state index is 12.8. The highest BCUT2D eigenvalue weighted by molar-refractivity contribution is 5.83. The molecule has 1 aliphatic heterocycles. The van der Waals surface area contributed by atoms with Gasteiger partial charge < -0.3 is 10.2 Å². The molecule has 138 valence electrons. The number of benzene rings is 1. The van der Waals surface area contributed by atoms with E-state index < -0.39 is 0 Å². The molecule has 0 radical (unpaired) electrons. The van der Waals surface area contributed by atoms with Crippen LogP contribution in [0.2, 0.25) is 0 Å². The number of piperidine rings is 1. The molecule has 5 nitrogen and oxygen atoms in total. The van der Waals surface area contributed by atoms with Crippen molar-refractivity contribution < 1.29 is 9.59 Å². The Bertz CT molecular complexity index is 574. The Morgan fingerprint density at radius 2 is 1.92 bits per heavy atom. The van der Waals surface area contributed by atoms with E-state index in [4.69, 9.17) is 0 Å². The molecule has 2 N–H and O–H groups in total. The molecule has 0 saturated carbocycles. The van der Waals surface area contributed by atoms with Crippen molar-refractivity contribution in [2.24, 2.45) is 5.92 Å². The summed E-state index contributed by atoms with van der Waals surface area (Å²) in [4.78, 5) is 26.4. The van der Waals surface area contributed by atoms with Gasteiger partial charge in [0.05, 0.1) is 0 Å². The maximum absolute atomic E-state index is 12.8. The first-order valence-corrected chi connectivity index (χ1v) is 9.29. The molecule has 1 heterocycles. The topological polar surface area (TPSA) is 61.4 Å². The van der Waals surface area contributed by atoms with E-state index in [9.17, 15) is 9.59 Å². The number of hydrogen-bond donors (Lipinski definition) is 2. The van der Waals surface area contributed by atoms with Gasteiger partial charge in [-0.05, 0) is 31.7 Å². The van der Waals surface area contributed by atoms with E-state index >= 15 is 0 Å². The van der Waals surface area contributed by atoms with Crippen molar-refractivity contribution >= 4 is 11.8 Å². The average molecular weight is 345 g/mol. The van der Waals surface area contributed by atoms with E-state index in [0.717, 1.165) is 31.5 Å². The zero-order valence-electron chi connectivity index (χ0n) is 15.8. The fourth-order valence-electron chi connectivity index (χ4n) is 3.50. The van der Waals surface area contributed by atoms with Gasteiger partial charge in [-0.15, -0.1) is 0 Å². The highest BCUT2D eigenvalue weighted by atomic mass is 16.2. The summed E-state index contributed by atoms with van der Waals surface area (Å²) in [6, 6.07) is 9.82. The molecule has 0 unspecified atom stereocenters. The van der Waals surface area contributed by atoms with Crippen LogP contribution in [0, 0.1) is 5.92 Å². The summed E-state index contributed by atoms with van der Waals surface area (Å²) in [7, 11) is 0. The first kappa shape index (κ1) is 19.4. The molecule has 3 atom stereocenters. The molecule has 1 aromatic rings. The Kier molecular flexibility index (Phi) is 7.00. The van der Waals surface area contributed by atoms with Crippen molar-refractivity contribution in [1.29, 1.82) is 0 Å². The van der Waals surface area contributed by atoms with Gasteiger partial charge in [-0.25, -0.2) is 0 Å². The molecule has 1 saturated heterocycles. The number of nitrogens with zero attached hydrogens (tertiary/aromatic N) is 1. The van der Waals surface area contributed by atoms with Gasteiger partial charge in [-0.1, -0.05) is 43.7 Å². The smallest absolute Gasteiger partial charge is 0.241 e. The van der Waals surface area contributed by atoms with Gasteiger partial charge >= 0.3 is 0 Å². The molecule has 2 amide bonds. The van der Waals surface area contributed by atoms with Gasteiger partial charge in [-0.3, -0.25) is 14.9 Å². The molecule has 0 aromatic heterocycles. The molecule has 0 bridgehead atoms. The Morgan fingerprint density at radius 3 is 2.48 bits per heavy atom. The second-order valence-electron chi connectivity index (χ2n) is 7.20. The first-order valence-electron chi connectivity index (χ1n) is 9.29. The first-order chi connectivity index (χ1) is 11.9. The summed E-state index contributed by atoms with van der Waals surface area (Å²) in [5.74, 6) is 0.495. The van der Waals surface area contributed by atoms with Crippen LogP contribution in [-0.4, -0.2) is 41.9 Å². The van der Waals surface area contributed by atoms with E-state index in [-0.39, 0.29) is 29.9 Å². The fourth-order valence-corrected chi connectivity index (χ4v) is 3.50. The van der Waals surface area contributed by atoms with Crippen LogP contribution in [0.1, 0.15) is 52.1 Å². The molecule has 1 aliphatic rings. The third-order valence-electron chi connectivity index (χ3n) is 4.91. The Morgan fingerprint density at radius 1 is 1.24 bits per heavy atom. The quantitative estimate of drug-likeness (QED) is 0.833. The number of carbonyl (C=O) groups excluding carboxylic acids is 2. The van der Waals surface area contributed by atoms with Crippen LogP contribution in [0.25, 0.3) is 0 Å². The summed E-state index contributed by atoms with van der Waals surface area (Å²) >= 11 is 0. The third-order valence-corrected chi connectivity index (χ3v) is 4.91. The molecule has 25 heavy (non-hydrogen) atoms. The van der Waals surface area contributed by atoms with E-state index in [2.05, 4.69) is 17.6 Å². The molecule has 5 heteroatoms. The van der Waals surface area contributed by atoms with Crippen molar-refractivity contribution in [2.45, 2.75) is 58.7 Å². The van der Waals surface area contributed by atoms with E-state index in [1.165, 1.54) is 0 Å². The van der Waals surface area contributed by atoms with Crippen molar-refractivity contribution in [3.8, 4) is 0 Å². The van der Waals surface area contributed by atoms with Crippen LogP contribution >= 0.6 is 0 Å². The van der Waals surface area contributed by atoms with E-state index in [0.29, 0.717) is 5.92 Å². The zero-order chi connectivity index (χ0) is 18.4. The predicted molar refractivity (Wildman–Crippen MR) is 100 cm³/mol. The number of hydrogen-bond acceptors (Lipinski definition) is 3. The predicted octanol–water partition coefficient (Wildman–Crippen LogP) is 2.49. The Labute approximate surface area is 151 Å². The average Bonchev–Trinajstić information content (AvgIpc) is 2.59. The number of likely N-dealkylation sites (tertiary alicyclic amines) is 1. The lowest BCUT2D eigenvalue weighted by atomic mass is 9.88. The molecular formula is C20H31N3O2. The highest BCUT2D eigenvalue weighted by Gasteiger charge is 2.32. The van der Waals surface area contributed by atoms with Crippen LogP contribution in [0.5, 0.6) is 0 Å². The van der Waals surface area contributed by atoms with Crippen molar-refractivity contribution in [1.82, 2.24) is 15.5 Å². The minimum Gasteiger partial charge on any atom is -0.352 e. The molecule has 0 spiro atoms. The third kappa shape index (κ3) is 5.30. The Balaban J connectivity index is 2.15.